The molecule has 3 aromatic carbocycles. The predicted octanol–water partition coefficient (Wildman–Crippen LogP) is 4.32. The number of fused-ring (bicyclic) bond motifs is 1. The summed E-state index contributed by atoms with van der Waals surface area (Å²) in [4.78, 5) is 17.0. The second kappa shape index (κ2) is 9.34. The SMILES string of the molecule is CCn1c(C(O)(c2ccccc2)c2ccccc2)nc2ccc(NC(=O)CCOC)cc21. The summed E-state index contributed by atoms with van der Waals surface area (Å²) in [6.45, 7) is 2.99. The molecule has 164 valence electrons. The van der Waals surface area contributed by atoms with Gasteiger partial charge in [0, 0.05) is 19.3 Å². The van der Waals surface area contributed by atoms with Crippen molar-refractivity contribution in [1.82, 2.24) is 9.55 Å². The summed E-state index contributed by atoms with van der Waals surface area (Å²) in [6.07, 6.45) is 0.286. The highest BCUT2D eigenvalue weighted by atomic mass is 16.5. The second-order valence-electron chi connectivity index (χ2n) is 7.62. The number of carbonyl (C=O) groups excluding carboxylic acids is 1. The summed E-state index contributed by atoms with van der Waals surface area (Å²) in [7, 11) is 1.57. The molecule has 0 spiro atoms. The van der Waals surface area contributed by atoms with Crippen LogP contribution in [0.3, 0.4) is 0 Å². The Morgan fingerprint density at radius 2 is 1.66 bits per heavy atom. The molecule has 1 heterocycles. The molecule has 1 aromatic heterocycles. The summed E-state index contributed by atoms with van der Waals surface area (Å²) in [5, 5.41) is 15.1. The van der Waals surface area contributed by atoms with E-state index >= 15 is 0 Å². The molecule has 32 heavy (non-hydrogen) atoms. The van der Waals surface area contributed by atoms with Crippen LogP contribution in [0.1, 0.15) is 30.3 Å². The molecule has 0 radical (unpaired) electrons. The normalized spacial score (nSPS) is 11.6. The highest BCUT2D eigenvalue weighted by Crippen LogP contribution is 2.38. The number of hydrogen-bond acceptors (Lipinski definition) is 4. The van der Waals surface area contributed by atoms with Crippen LogP contribution in [0.15, 0.2) is 78.9 Å². The number of nitrogens with zero attached hydrogens (tertiary/aromatic N) is 2. The van der Waals surface area contributed by atoms with Gasteiger partial charge in [0.15, 0.2) is 11.4 Å². The number of carbonyl (C=O) groups is 1. The van der Waals surface area contributed by atoms with E-state index in [1.54, 1.807) is 7.11 Å². The molecule has 0 aliphatic heterocycles. The Morgan fingerprint density at radius 1 is 1.03 bits per heavy atom. The van der Waals surface area contributed by atoms with E-state index in [9.17, 15) is 9.90 Å². The number of aromatic nitrogens is 2. The van der Waals surface area contributed by atoms with Gasteiger partial charge in [-0.05, 0) is 36.2 Å². The molecule has 4 aromatic rings. The fourth-order valence-electron chi connectivity index (χ4n) is 4.00. The van der Waals surface area contributed by atoms with Gasteiger partial charge in [0.25, 0.3) is 0 Å². The van der Waals surface area contributed by atoms with Gasteiger partial charge in [-0.1, -0.05) is 60.7 Å². The number of aliphatic hydroxyl groups is 1. The summed E-state index contributed by atoms with van der Waals surface area (Å²) >= 11 is 0. The Morgan fingerprint density at radius 3 is 2.22 bits per heavy atom. The summed E-state index contributed by atoms with van der Waals surface area (Å²) in [5.41, 5.74) is 2.33. The van der Waals surface area contributed by atoms with E-state index in [0.717, 1.165) is 22.2 Å². The highest BCUT2D eigenvalue weighted by molar-refractivity contribution is 5.93. The van der Waals surface area contributed by atoms with Crippen molar-refractivity contribution in [2.24, 2.45) is 0 Å². The lowest BCUT2D eigenvalue weighted by Gasteiger charge is -2.29. The zero-order valence-corrected chi connectivity index (χ0v) is 18.3. The first-order chi connectivity index (χ1) is 15.6. The number of methoxy groups -OCH3 is 1. The summed E-state index contributed by atoms with van der Waals surface area (Å²) in [5.74, 6) is 0.425. The third-order valence-corrected chi connectivity index (χ3v) is 5.59. The number of ether oxygens (including phenoxy) is 1. The number of rotatable bonds is 8. The van der Waals surface area contributed by atoms with Gasteiger partial charge in [-0.3, -0.25) is 4.79 Å². The van der Waals surface area contributed by atoms with Gasteiger partial charge in [0.2, 0.25) is 5.91 Å². The lowest BCUT2D eigenvalue weighted by molar-refractivity contribution is -0.117. The first-order valence-corrected chi connectivity index (χ1v) is 10.7. The van der Waals surface area contributed by atoms with Crippen molar-refractivity contribution in [1.29, 1.82) is 0 Å². The van der Waals surface area contributed by atoms with Crippen LogP contribution in [0.5, 0.6) is 0 Å². The molecule has 0 unspecified atom stereocenters. The molecule has 0 aliphatic rings. The van der Waals surface area contributed by atoms with E-state index in [4.69, 9.17) is 9.72 Å². The van der Waals surface area contributed by atoms with Gasteiger partial charge in [0.05, 0.1) is 24.1 Å². The number of anilines is 1. The van der Waals surface area contributed by atoms with Crippen molar-refractivity contribution in [2.75, 3.05) is 19.0 Å². The summed E-state index contributed by atoms with van der Waals surface area (Å²) < 4.78 is 6.98. The van der Waals surface area contributed by atoms with Crippen LogP contribution < -0.4 is 5.32 Å². The summed E-state index contributed by atoms with van der Waals surface area (Å²) in [6, 6.07) is 24.7. The van der Waals surface area contributed by atoms with Gasteiger partial charge in [0.1, 0.15) is 0 Å². The first-order valence-electron chi connectivity index (χ1n) is 10.7. The lowest BCUT2D eigenvalue weighted by atomic mass is 9.85. The van der Waals surface area contributed by atoms with E-state index in [1.807, 2.05) is 90.4 Å². The van der Waals surface area contributed by atoms with Crippen LogP contribution in [-0.2, 0) is 21.7 Å². The fourth-order valence-corrected chi connectivity index (χ4v) is 4.00. The molecule has 4 rings (SSSR count). The Labute approximate surface area is 187 Å². The first kappa shape index (κ1) is 21.7. The molecule has 0 bridgehead atoms. The van der Waals surface area contributed by atoms with Crippen molar-refractivity contribution in [3.63, 3.8) is 0 Å². The minimum absolute atomic E-state index is 0.112. The standard InChI is InChI=1S/C26H27N3O3/c1-3-29-23-18-21(27-24(30)16-17-32-2)14-15-22(23)28-25(29)26(31,19-10-6-4-7-11-19)20-12-8-5-9-13-20/h4-15,18,31H,3,16-17H2,1-2H3,(H,27,30). The maximum absolute atomic E-state index is 12.2. The van der Waals surface area contributed by atoms with Crippen molar-refractivity contribution in [3.8, 4) is 0 Å². The van der Waals surface area contributed by atoms with Crippen molar-refractivity contribution < 1.29 is 14.6 Å². The molecule has 1 amide bonds. The van der Waals surface area contributed by atoms with Gasteiger partial charge < -0.3 is 19.7 Å². The Kier molecular flexibility index (Phi) is 6.35. The monoisotopic (exact) mass is 429 g/mol. The third-order valence-electron chi connectivity index (χ3n) is 5.59. The van der Waals surface area contributed by atoms with E-state index < -0.39 is 5.60 Å². The largest absolute Gasteiger partial charge is 0.384 e. The average Bonchev–Trinajstić information content (AvgIpc) is 3.21. The number of benzene rings is 3. The molecule has 0 aliphatic carbocycles. The number of amides is 1. The number of nitrogens with one attached hydrogen (secondary N) is 1. The predicted molar refractivity (Wildman–Crippen MR) is 126 cm³/mol. The molecule has 0 fully saturated rings. The van der Waals surface area contributed by atoms with E-state index in [-0.39, 0.29) is 12.3 Å². The molecule has 0 atom stereocenters. The van der Waals surface area contributed by atoms with Crippen LogP contribution in [0.2, 0.25) is 0 Å². The lowest BCUT2D eigenvalue weighted by Crippen LogP contribution is -2.32. The minimum atomic E-state index is -1.43. The second-order valence-corrected chi connectivity index (χ2v) is 7.62. The molecule has 0 saturated carbocycles. The van der Waals surface area contributed by atoms with E-state index in [1.165, 1.54) is 0 Å². The third kappa shape index (κ3) is 4.02. The molecular weight excluding hydrogens is 402 g/mol. The van der Waals surface area contributed by atoms with E-state index in [0.29, 0.717) is 24.7 Å². The quantitative estimate of drug-likeness (QED) is 0.437. The smallest absolute Gasteiger partial charge is 0.226 e. The molecule has 6 heteroatoms. The van der Waals surface area contributed by atoms with Crippen LogP contribution in [-0.4, -0.2) is 34.3 Å². The van der Waals surface area contributed by atoms with Gasteiger partial charge in [-0.15, -0.1) is 0 Å². The average molecular weight is 430 g/mol. The number of aryl methyl sites for hydroxylation is 1. The minimum Gasteiger partial charge on any atom is -0.384 e. The number of hydrogen-bond donors (Lipinski definition) is 2. The highest BCUT2D eigenvalue weighted by Gasteiger charge is 2.38. The van der Waals surface area contributed by atoms with E-state index in [2.05, 4.69) is 5.32 Å². The molecular formula is C26H27N3O3. The maximum atomic E-state index is 12.2. The van der Waals surface area contributed by atoms with Crippen LogP contribution in [0, 0.1) is 0 Å². The van der Waals surface area contributed by atoms with Gasteiger partial charge in [-0.2, -0.15) is 0 Å². The Bertz CT molecular complexity index is 1160. The Balaban J connectivity index is 1.85. The van der Waals surface area contributed by atoms with Crippen LogP contribution in [0.25, 0.3) is 11.0 Å². The van der Waals surface area contributed by atoms with Gasteiger partial charge in [-0.25, -0.2) is 4.98 Å². The number of imidazole rings is 1. The van der Waals surface area contributed by atoms with Crippen LogP contribution >= 0.6 is 0 Å². The van der Waals surface area contributed by atoms with Gasteiger partial charge >= 0.3 is 0 Å². The zero-order chi connectivity index (χ0) is 22.6. The molecule has 6 nitrogen and oxygen atoms in total. The fraction of sp³-hybridized carbons (Fsp3) is 0.231. The van der Waals surface area contributed by atoms with Crippen molar-refractivity contribution in [3.05, 3.63) is 95.8 Å². The maximum Gasteiger partial charge on any atom is 0.226 e. The van der Waals surface area contributed by atoms with Crippen molar-refractivity contribution in [2.45, 2.75) is 25.5 Å². The molecule has 0 saturated heterocycles. The van der Waals surface area contributed by atoms with Crippen LogP contribution in [0.4, 0.5) is 5.69 Å². The zero-order valence-electron chi connectivity index (χ0n) is 18.3. The molecule has 2 N–H and O–H groups in total. The Hall–Kier alpha value is -3.48. The van der Waals surface area contributed by atoms with Crippen molar-refractivity contribution >= 4 is 22.6 Å². The topological polar surface area (TPSA) is 76.4 Å².